The van der Waals surface area contributed by atoms with E-state index in [1.165, 1.54) is 6.08 Å². The fourth-order valence-corrected chi connectivity index (χ4v) is 5.10. The van der Waals surface area contributed by atoms with Crippen molar-refractivity contribution in [1.29, 1.82) is 0 Å². The Bertz CT molecular complexity index is 1190. The van der Waals surface area contributed by atoms with E-state index in [4.69, 9.17) is 17.3 Å². The highest BCUT2D eigenvalue weighted by Gasteiger charge is 2.17. The van der Waals surface area contributed by atoms with Crippen molar-refractivity contribution in [3.05, 3.63) is 93.7 Å². The van der Waals surface area contributed by atoms with Gasteiger partial charge in [0, 0.05) is 30.3 Å². The molecule has 1 aromatic heterocycles. The number of carbonyl (C=O) groups is 1. The summed E-state index contributed by atoms with van der Waals surface area (Å²) in [6.07, 6.45) is 2.35. The van der Waals surface area contributed by atoms with Gasteiger partial charge in [0.25, 0.3) is 0 Å². The van der Waals surface area contributed by atoms with Crippen LogP contribution in [-0.4, -0.2) is 32.3 Å². The maximum atomic E-state index is 13.1. The maximum absolute atomic E-state index is 13.1. The predicted octanol–water partition coefficient (Wildman–Crippen LogP) is 4.26. The van der Waals surface area contributed by atoms with Crippen LogP contribution in [0.15, 0.2) is 76.8 Å². The van der Waals surface area contributed by atoms with E-state index in [9.17, 15) is 13.2 Å². The number of nitrogens with zero attached hydrogens (tertiary/aromatic N) is 1. The number of nitrogen functional groups attached to an aromatic ring is 1. The molecule has 3 N–H and O–H groups in total. The van der Waals surface area contributed by atoms with Gasteiger partial charge in [0.05, 0.1) is 11.3 Å². The molecule has 2 aromatic carbocycles. The molecule has 0 bridgehead atoms. The Morgan fingerprint density at radius 1 is 1.15 bits per heavy atom. The second-order valence-corrected chi connectivity index (χ2v) is 10.5. The monoisotopic (exact) mass is 503 g/mol. The van der Waals surface area contributed by atoms with Crippen LogP contribution in [0.3, 0.4) is 0 Å². The van der Waals surface area contributed by atoms with Crippen molar-refractivity contribution in [2.45, 2.75) is 24.3 Å². The van der Waals surface area contributed by atoms with Crippen LogP contribution in [0.5, 0.6) is 0 Å². The fourth-order valence-electron chi connectivity index (χ4n) is 3.24. The molecule has 0 fully saturated rings. The third-order valence-electron chi connectivity index (χ3n) is 5.08. The second kappa shape index (κ2) is 11.5. The van der Waals surface area contributed by atoms with E-state index in [0.717, 1.165) is 16.7 Å². The Balaban J connectivity index is 1.73. The van der Waals surface area contributed by atoms with Crippen molar-refractivity contribution < 1.29 is 13.2 Å². The Kier molecular flexibility index (Phi) is 8.68. The predicted molar refractivity (Wildman–Crippen MR) is 135 cm³/mol. The van der Waals surface area contributed by atoms with Gasteiger partial charge in [-0.15, -0.1) is 6.58 Å². The van der Waals surface area contributed by atoms with Crippen molar-refractivity contribution in [3.63, 3.8) is 0 Å². The van der Waals surface area contributed by atoms with Gasteiger partial charge in [-0.25, -0.2) is 13.1 Å². The zero-order valence-electron chi connectivity index (χ0n) is 18.0. The highest BCUT2D eigenvalue weighted by Crippen LogP contribution is 2.21. The molecule has 0 radical (unpaired) electrons. The van der Waals surface area contributed by atoms with Crippen molar-refractivity contribution in [2.24, 2.45) is 0 Å². The van der Waals surface area contributed by atoms with Gasteiger partial charge in [0.1, 0.15) is 0 Å². The van der Waals surface area contributed by atoms with Crippen molar-refractivity contribution in [3.8, 4) is 0 Å². The van der Waals surface area contributed by atoms with Crippen LogP contribution in [0.1, 0.15) is 16.7 Å². The fraction of sp³-hybridized carbons (Fsp3) is 0.208. The standard InChI is InChI=1S/C24H26ClN3O3S2/c1-2-11-27-33(30,31)22-6-3-18(4-7-22)9-12-28(24(29)14-19-10-13-32-17-19)16-20-15-21(25)5-8-23(20)26/h2-8,10,13,15,17,27H,1,9,11-12,14,16,26H2. The Labute approximate surface area is 203 Å². The van der Waals surface area contributed by atoms with Gasteiger partial charge < -0.3 is 10.6 Å². The van der Waals surface area contributed by atoms with Gasteiger partial charge >= 0.3 is 0 Å². The minimum Gasteiger partial charge on any atom is -0.398 e. The molecule has 0 spiro atoms. The number of nitrogens with one attached hydrogen (secondary N) is 1. The van der Waals surface area contributed by atoms with Gasteiger partial charge in [-0.2, -0.15) is 11.3 Å². The highest BCUT2D eigenvalue weighted by molar-refractivity contribution is 7.89. The third-order valence-corrected chi connectivity index (χ3v) is 7.48. The molecule has 0 aliphatic heterocycles. The quantitative estimate of drug-likeness (QED) is 0.302. The van der Waals surface area contributed by atoms with E-state index in [1.54, 1.807) is 58.7 Å². The number of rotatable bonds is 11. The minimum absolute atomic E-state index is 0.0133. The van der Waals surface area contributed by atoms with E-state index in [2.05, 4.69) is 11.3 Å². The zero-order chi connectivity index (χ0) is 23.8. The molecule has 1 amide bonds. The molecule has 3 aromatic rings. The third kappa shape index (κ3) is 7.17. The summed E-state index contributed by atoms with van der Waals surface area (Å²) in [5.74, 6) is -0.0133. The molecule has 0 saturated carbocycles. The topological polar surface area (TPSA) is 92.5 Å². The first-order chi connectivity index (χ1) is 15.8. The van der Waals surface area contributed by atoms with Crippen LogP contribution in [0.2, 0.25) is 5.02 Å². The summed E-state index contributed by atoms with van der Waals surface area (Å²) in [7, 11) is -3.57. The summed E-state index contributed by atoms with van der Waals surface area (Å²) in [5.41, 5.74) is 9.36. The number of benzene rings is 2. The summed E-state index contributed by atoms with van der Waals surface area (Å²) in [6.45, 7) is 4.48. The van der Waals surface area contributed by atoms with E-state index in [-0.39, 0.29) is 17.3 Å². The largest absolute Gasteiger partial charge is 0.398 e. The first-order valence-electron chi connectivity index (χ1n) is 10.3. The molecular formula is C24H26ClN3O3S2. The van der Waals surface area contributed by atoms with Crippen molar-refractivity contribution in [1.82, 2.24) is 9.62 Å². The molecule has 0 atom stereocenters. The molecule has 0 saturated heterocycles. The number of carbonyl (C=O) groups excluding carboxylic acids is 1. The average molecular weight is 504 g/mol. The molecule has 6 nitrogen and oxygen atoms in total. The first-order valence-corrected chi connectivity index (χ1v) is 13.1. The number of halogens is 1. The van der Waals surface area contributed by atoms with E-state index in [1.807, 2.05) is 16.8 Å². The Morgan fingerprint density at radius 3 is 2.58 bits per heavy atom. The van der Waals surface area contributed by atoms with Gasteiger partial charge in [-0.05, 0) is 70.3 Å². The molecule has 33 heavy (non-hydrogen) atoms. The lowest BCUT2D eigenvalue weighted by molar-refractivity contribution is -0.131. The van der Waals surface area contributed by atoms with Crippen molar-refractivity contribution in [2.75, 3.05) is 18.8 Å². The highest BCUT2D eigenvalue weighted by atomic mass is 35.5. The minimum atomic E-state index is -3.57. The van der Waals surface area contributed by atoms with Gasteiger partial charge in [-0.1, -0.05) is 29.8 Å². The molecule has 1 heterocycles. The summed E-state index contributed by atoms with van der Waals surface area (Å²) in [4.78, 5) is 15.0. The number of sulfonamides is 1. The molecule has 9 heteroatoms. The lowest BCUT2D eigenvalue weighted by atomic mass is 10.1. The number of amides is 1. The average Bonchev–Trinajstić information content (AvgIpc) is 3.30. The summed E-state index contributed by atoms with van der Waals surface area (Å²) in [6, 6.07) is 13.8. The van der Waals surface area contributed by atoms with Crippen molar-refractivity contribution >= 4 is 44.6 Å². The van der Waals surface area contributed by atoms with Crippen LogP contribution >= 0.6 is 22.9 Å². The number of anilines is 1. The van der Waals surface area contributed by atoms with E-state index in [0.29, 0.717) is 36.6 Å². The maximum Gasteiger partial charge on any atom is 0.240 e. The van der Waals surface area contributed by atoms with Crippen LogP contribution in [-0.2, 0) is 34.2 Å². The second-order valence-electron chi connectivity index (χ2n) is 7.50. The molecule has 0 unspecified atom stereocenters. The molecule has 0 aliphatic rings. The Hall–Kier alpha value is -2.65. The molecular weight excluding hydrogens is 478 g/mol. The molecule has 174 valence electrons. The van der Waals surface area contributed by atoms with Gasteiger partial charge in [0.15, 0.2) is 0 Å². The number of thiophene rings is 1. The SMILES string of the molecule is C=CCNS(=O)(=O)c1ccc(CCN(Cc2cc(Cl)ccc2N)C(=O)Cc2ccsc2)cc1. The van der Waals surface area contributed by atoms with Crippen LogP contribution in [0.25, 0.3) is 0 Å². The van der Waals surface area contributed by atoms with E-state index >= 15 is 0 Å². The van der Waals surface area contributed by atoms with Gasteiger partial charge in [0.2, 0.25) is 15.9 Å². The lowest BCUT2D eigenvalue weighted by Gasteiger charge is -2.24. The zero-order valence-corrected chi connectivity index (χ0v) is 20.4. The van der Waals surface area contributed by atoms with Gasteiger partial charge in [-0.3, -0.25) is 4.79 Å². The van der Waals surface area contributed by atoms with Crippen LogP contribution < -0.4 is 10.5 Å². The van der Waals surface area contributed by atoms with E-state index < -0.39 is 10.0 Å². The Morgan fingerprint density at radius 2 is 1.91 bits per heavy atom. The number of hydrogen-bond donors (Lipinski definition) is 2. The van der Waals surface area contributed by atoms with Crippen LogP contribution in [0, 0.1) is 0 Å². The lowest BCUT2D eigenvalue weighted by Crippen LogP contribution is -2.34. The normalized spacial score (nSPS) is 11.3. The number of hydrogen-bond acceptors (Lipinski definition) is 5. The summed E-state index contributed by atoms with van der Waals surface area (Å²) >= 11 is 7.69. The molecule has 3 rings (SSSR count). The molecule has 0 aliphatic carbocycles. The smallest absolute Gasteiger partial charge is 0.240 e. The first kappa shape index (κ1) is 25.0. The summed E-state index contributed by atoms with van der Waals surface area (Å²) < 4.78 is 26.9. The van der Waals surface area contributed by atoms with Crippen LogP contribution in [0.4, 0.5) is 5.69 Å². The summed E-state index contributed by atoms with van der Waals surface area (Å²) in [5, 5.41) is 4.47. The number of nitrogens with two attached hydrogens (primary N) is 1.